The molecule has 1 aliphatic heterocycles. The molecule has 31 heavy (non-hydrogen) atoms. The van der Waals surface area contributed by atoms with Crippen molar-refractivity contribution in [2.75, 3.05) is 38.2 Å². The molecule has 158 valence electrons. The topological polar surface area (TPSA) is 67.5 Å². The molecule has 1 aliphatic rings. The Morgan fingerprint density at radius 2 is 1.97 bits per heavy atom. The second-order valence-corrected chi connectivity index (χ2v) is 7.72. The molecule has 0 spiro atoms. The Balaban J connectivity index is 1.27. The van der Waals surface area contributed by atoms with Gasteiger partial charge in [-0.25, -0.2) is 4.98 Å². The molecule has 0 bridgehead atoms. The van der Waals surface area contributed by atoms with Gasteiger partial charge in [0.25, 0.3) is 0 Å². The fourth-order valence-electron chi connectivity index (χ4n) is 4.04. The number of furan rings is 1. The summed E-state index contributed by atoms with van der Waals surface area (Å²) < 4.78 is 11.4. The minimum absolute atomic E-state index is 0.596. The van der Waals surface area contributed by atoms with Crippen molar-refractivity contribution in [1.29, 1.82) is 0 Å². The summed E-state index contributed by atoms with van der Waals surface area (Å²) in [6.45, 7) is 4.54. The largest absolute Gasteiger partial charge is 0.481 e. The molecule has 1 aromatic carbocycles. The number of pyridine rings is 1. The van der Waals surface area contributed by atoms with Crippen LogP contribution in [0.3, 0.4) is 0 Å². The van der Waals surface area contributed by atoms with E-state index in [0.29, 0.717) is 5.88 Å². The fraction of sp³-hybridized carbons (Fsp3) is 0.292. The van der Waals surface area contributed by atoms with Crippen molar-refractivity contribution in [3.05, 3.63) is 66.8 Å². The molecular formula is C24H25N5O2. The average molecular weight is 415 g/mol. The van der Waals surface area contributed by atoms with Crippen molar-refractivity contribution in [3.63, 3.8) is 0 Å². The van der Waals surface area contributed by atoms with Crippen LogP contribution in [-0.2, 0) is 6.54 Å². The molecule has 0 amide bonds. The third-order valence-electron chi connectivity index (χ3n) is 5.64. The Bertz CT molecular complexity index is 1160. The van der Waals surface area contributed by atoms with Gasteiger partial charge in [-0.3, -0.25) is 9.88 Å². The third kappa shape index (κ3) is 4.36. The zero-order chi connectivity index (χ0) is 21.0. The summed E-state index contributed by atoms with van der Waals surface area (Å²) >= 11 is 0. The van der Waals surface area contributed by atoms with Crippen LogP contribution in [-0.4, -0.2) is 53.1 Å². The monoisotopic (exact) mass is 415 g/mol. The van der Waals surface area contributed by atoms with Gasteiger partial charge in [-0.1, -0.05) is 12.1 Å². The highest BCUT2D eigenvalue weighted by Gasteiger charge is 2.19. The fourth-order valence-corrected chi connectivity index (χ4v) is 4.04. The standard InChI is InChI=1S/C24H25N5O2/c1-30-23-7-9-26-24(27-23)29-11-3-10-28(12-13-29)17-21-15-20-14-18(5-6-22(20)31-21)19-4-2-8-25-16-19/h2,4-9,14-16H,3,10-13,17H2,1H3. The summed E-state index contributed by atoms with van der Waals surface area (Å²) in [5.41, 5.74) is 3.18. The number of anilines is 1. The van der Waals surface area contributed by atoms with Gasteiger partial charge in [-0.2, -0.15) is 4.98 Å². The van der Waals surface area contributed by atoms with Crippen LogP contribution in [0.1, 0.15) is 12.2 Å². The lowest BCUT2D eigenvalue weighted by molar-refractivity contribution is 0.263. The Labute approximate surface area is 181 Å². The SMILES string of the molecule is COc1ccnc(N2CCCN(Cc3cc4cc(-c5cccnc5)ccc4o3)CC2)n1. The maximum Gasteiger partial charge on any atom is 0.228 e. The molecule has 5 rings (SSSR count). The number of hydrogen-bond acceptors (Lipinski definition) is 7. The van der Waals surface area contributed by atoms with E-state index < -0.39 is 0 Å². The van der Waals surface area contributed by atoms with Crippen molar-refractivity contribution >= 4 is 16.9 Å². The van der Waals surface area contributed by atoms with Gasteiger partial charge in [0.15, 0.2) is 0 Å². The van der Waals surface area contributed by atoms with Gasteiger partial charge in [-0.15, -0.1) is 0 Å². The van der Waals surface area contributed by atoms with Crippen LogP contribution in [0.15, 0.2) is 65.5 Å². The van der Waals surface area contributed by atoms with Gasteiger partial charge in [-0.05, 0) is 36.2 Å². The lowest BCUT2D eigenvalue weighted by Crippen LogP contribution is -2.31. The minimum atomic E-state index is 0.596. The van der Waals surface area contributed by atoms with E-state index in [4.69, 9.17) is 9.15 Å². The van der Waals surface area contributed by atoms with Crippen LogP contribution in [0.2, 0.25) is 0 Å². The molecule has 0 atom stereocenters. The second kappa shape index (κ2) is 8.73. The Morgan fingerprint density at radius 1 is 1.00 bits per heavy atom. The van der Waals surface area contributed by atoms with Crippen LogP contribution in [0, 0.1) is 0 Å². The molecule has 4 heterocycles. The van der Waals surface area contributed by atoms with Gasteiger partial charge in [0, 0.05) is 61.8 Å². The average Bonchev–Trinajstić information content (AvgIpc) is 3.08. The summed E-state index contributed by atoms with van der Waals surface area (Å²) in [4.78, 5) is 17.8. The molecule has 4 aromatic rings. The molecular weight excluding hydrogens is 390 g/mol. The summed E-state index contributed by atoms with van der Waals surface area (Å²) in [7, 11) is 1.63. The van der Waals surface area contributed by atoms with Crippen LogP contribution >= 0.6 is 0 Å². The summed E-state index contributed by atoms with van der Waals surface area (Å²) in [6, 6.07) is 14.3. The van der Waals surface area contributed by atoms with Gasteiger partial charge in [0.1, 0.15) is 11.3 Å². The molecule has 7 nitrogen and oxygen atoms in total. The zero-order valence-electron chi connectivity index (χ0n) is 17.6. The van der Waals surface area contributed by atoms with E-state index >= 15 is 0 Å². The normalized spacial score (nSPS) is 15.2. The molecule has 0 saturated carbocycles. The first kappa shape index (κ1) is 19.5. The molecule has 3 aromatic heterocycles. The molecule has 7 heteroatoms. The van der Waals surface area contributed by atoms with Crippen molar-refractivity contribution in [2.45, 2.75) is 13.0 Å². The summed E-state index contributed by atoms with van der Waals surface area (Å²) in [6.07, 6.45) is 6.47. The molecule has 1 fully saturated rings. The smallest absolute Gasteiger partial charge is 0.228 e. The number of ether oxygens (including phenoxy) is 1. The predicted molar refractivity (Wildman–Crippen MR) is 120 cm³/mol. The number of rotatable bonds is 5. The summed E-state index contributed by atoms with van der Waals surface area (Å²) in [5, 5.41) is 1.12. The van der Waals surface area contributed by atoms with Crippen molar-refractivity contribution in [3.8, 4) is 17.0 Å². The molecule has 0 unspecified atom stereocenters. The highest BCUT2D eigenvalue weighted by atomic mass is 16.5. The third-order valence-corrected chi connectivity index (χ3v) is 5.64. The first-order valence-electron chi connectivity index (χ1n) is 10.6. The second-order valence-electron chi connectivity index (χ2n) is 7.72. The first-order valence-corrected chi connectivity index (χ1v) is 10.6. The number of nitrogens with zero attached hydrogens (tertiary/aromatic N) is 5. The van der Waals surface area contributed by atoms with Crippen molar-refractivity contribution in [1.82, 2.24) is 19.9 Å². The molecule has 0 radical (unpaired) electrons. The van der Waals surface area contributed by atoms with Crippen LogP contribution in [0.5, 0.6) is 5.88 Å². The number of aromatic nitrogens is 3. The maximum absolute atomic E-state index is 6.13. The number of benzene rings is 1. The van der Waals surface area contributed by atoms with Gasteiger partial charge >= 0.3 is 0 Å². The predicted octanol–water partition coefficient (Wildman–Crippen LogP) is 4.01. The van der Waals surface area contributed by atoms with Crippen molar-refractivity contribution in [2.24, 2.45) is 0 Å². The lowest BCUT2D eigenvalue weighted by Gasteiger charge is -2.21. The van der Waals surface area contributed by atoms with E-state index in [2.05, 4.69) is 49.0 Å². The van der Waals surface area contributed by atoms with E-state index in [-0.39, 0.29) is 0 Å². The van der Waals surface area contributed by atoms with Crippen LogP contribution in [0.25, 0.3) is 22.1 Å². The van der Waals surface area contributed by atoms with E-state index in [1.165, 1.54) is 0 Å². The Kier molecular flexibility index (Phi) is 5.50. The first-order chi connectivity index (χ1) is 15.3. The minimum Gasteiger partial charge on any atom is -0.481 e. The van der Waals surface area contributed by atoms with Gasteiger partial charge in [0.05, 0.1) is 13.7 Å². The van der Waals surface area contributed by atoms with Crippen molar-refractivity contribution < 1.29 is 9.15 Å². The zero-order valence-corrected chi connectivity index (χ0v) is 17.6. The van der Waals surface area contributed by atoms with E-state index in [1.807, 2.05) is 18.3 Å². The number of methoxy groups -OCH3 is 1. The number of hydrogen-bond donors (Lipinski definition) is 0. The quantitative estimate of drug-likeness (QED) is 0.488. The van der Waals surface area contributed by atoms with E-state index in [1.54, 1.807) is 25.6 Å². The molecule has 1 saturated heterocycles. The lowest BCUT2D eigenvalue weighted by atomic mass is 10.1. The van der Waals surface area contributed by atoms with Crippen LogP contribution < -0.4 is 9.64 Å². The van der Waals surface area contributed by atoms with Gasteiger partial charge < -0.3 is 14.1 Å². The van der Waals surface area contributed by atoms with Crippen LogP contribution in [0.4, 0.5) is 5.95 Å². The Hall–Kier alpha value is -3.45. The van der Waals surface area contributed by atoms with E-state index in [0.717, 1.165) is 72.9 Å². The highest BCUT2D eigenvalue weighted by molar-refractivity contribution is 5.83. The maximum atomic E-state index is 6.13. The Morgan fingerprint density at radius 3 is 2.84 bits per heavy atom. The van der Waals surface area contributed by atoms with E-state index in [9.17, 15) is 0 Å². The summed E-state index contributed by atoms with van der Waals surface area (Å²) in [5.74, 6) is 2.32. The molecule has 0 aliphatic carbocycles. The molecule has 0 N–H and O–H groups in total. The van der Waals surface area contributed by atoms with Gasteiger partial charge in [0.2, 0.25) is 11.8 Å². The highest BCUT2D eigenvalue weighted by Crippen LogP contribution is 2.27. The number of fused-ring (bicyclic) bond motifs is 1.